The second kappa shape index (κ2) is 9.52. The van der Waals surface area contributed by atoms with E-state index in [1.165, 1.54) is 17.0 Å². The molecule has 0 spiro atoms. The Hall–Kier alpha value is -3.30. The third kappa shape index (κ3) is 4.67. The lowest BCUT2D eigenvalue weighted by Gasteiger charge is -2.36. The van der Waals surface area contributed by atoms with E-state index in [4.69, 9.17) is 16.3 Å². The average Bonchev–Trinajstić information content (AvgIpc) is 3.15. The Labute approximate surface area is 200 Å². The molecule has 0 radical (unpaired) electrons. The molecule has 3 heterocycles. The van der Waals surface area contributed by atoms with Gasteiger partial charge in [0.1, 0.15) is 29.6 Å². The summed E-state index contributed by atoms with van der Waals surface area (Å²) in [6.45, 7) is 3.33. The van der Waals surface area contributed by atoms with Crippen molar-refractivity contribution in [3.05, 3.63) is 83.3 Å². The Morgan fingerprint density at radius 3 is 2.35 bits per heavy atom. The molecule has 2 fully saturated rings. The summed E-state index contributed by atoms with van der Waals surface area (Å²) in [5, 5.41) is 0.516. The van der Waals surface area contributed by atoms with Crippen LogP contribution in [0.1, 0.15) is 11.6 Å². The van der Waals surface area contributed by atoms with Crippen molar-refractivity contribution in [2.45, 2.75) is 12.1 Å². The molecule has 2 saturated heterocycles. The predicted molar refractivity (Wildman–Crippen MR) is 124 cm³/mol. The van der Waals surface area contributed by atoms with Gasteiger partial charge in [-0.1, -0.05) is 11.6 Å². The summed E-state index contributed by atoms with van der Waals surface area (Å²) < 4.78 is 34.0. The molecule has 5 rings (SSSR count). The molecule has 2 atom stereocenters. The molecule has 3 aromatic rings. The number of nitrogens with zero attached hydrogens (tertiary/aromatic N) is 5. The fraction of sp³-hybridized carbons (Fsp3) is 0.292. The van der Waals surface area contributed by atoms with E-state index in [0.29, 0.717) is 22.8 Å². The lowest BCUT2D eigenvalue weighted by molar-refractivity contribution is 0.0939. The Kier molecular flexibility index (Phi) is 6.30. The second-order valence-electron chi connectivity index (χ2n) is 8.27. The van der Waals surface area contributed by atoms with Gasteiger partial charge in [0.25, 0.3) is 0 Å². The van der Waals surface area contributed by atoms with Gasteiger partial charge in [0.05, 0.1) is 6.20 Å². The van der Waals surface area contributed by atoms with Gasteiger partial charge in [-0.15, -0.1) is 0 Å². The van der Waals surface area contributed by atoms with Gasteiger partial charge in [0.15, 0.2) is 0 Å². The third-order valence-corrected chi connectivity index (χ3v) is 6.35. The number of benzene rings is 2. The molecule has 0 unspecified atom stereocenters. The highest BCUT2D eigenvalue weighted by molar-refractivity contribution is 6.30. The van der Waals surface area contributed by atoms with Crippen LogP contribution in [0.5, 0.6) is 0 Å². The quantitative estimate of drug-likeness (QED) is 0.537. The molecule has 0 saturated carbocycles. The lowest BCUT2D eigenvalue weighted by Crippen LogP contribution is -2.49. The topological polar surface area (TPSA) is 61.8 Å². The van der Waals surface area contributed by atoms with Crippen LogP contribution in [0.4, 0.5) is 25.1 Å². The van der Waals surface area contributed by atoms with Crippen molar-refractivity contribution in [2.24, 2.45) is 0 Å². The molecule has 2 aromatic carbocycles. The first-order valence-electron chi connectivity index (χ1n) is 10.9. The van der Waals surface area contributed by atoms with E-state index in [2.05, 4.69) is 19.8 Å². The molecule has 1 aromatic heterocycles. The summed E-state index contributed by atoms with van der Waals surface area (Å²) in [6.07, 6.45) is 3.84. The zero-order chi connectivity index (χ0) is 23.7. The van der Waals surface area contributed by atoms with Crippen LogP contribution in [0.25, 0.3) is 0 Å². The third-order valence-electron chi connectivity index (χ3n) is 6.09. The van der Waals surface area contributed by atoms with Crippen LogP contribution in [0.2, 0.25) is 5.02 Å². The van der Waals surface area contributed by atoms with Crippen molar-refractivity contribution in [1.29, 1.82) is 0 Å². The number of cyclic esters (lactones) is 1. The highest BCUT2D eigenvalue weighted by atomic mass is 35.5. The van der Waals surface area contributed by atoms with Crippen LogP contribution in [-0.2, 0) is 4.74 Å². The smallest absolute Gasteiger partial charge is 0.415 e. The van der Waals surface area contributed by atoms with Gasteiger partial charge in [-0.05, 0) is 42.0 Å². The van der Waals surface area contributed by atoms with Gasteiger partial charge in [-0.25, -0.2) is 18.6 Å². The number of ether oxygens (including phenoxy) is 1. The number of piperazine rings is 1. The first kappa shape index (κ1) is 22.5. The molecular weight excluding hydrogens is 464 g/mol. The van der Waals surface area contributed by atoms with Crippen molar-refractivity contribution >= 4 is 29.2 Å². The lowest BCUT2D eigenvalue weighted by atomic mass is 9.99. The van der Waals surface area contributed by atoms with Crippen LogP contribution in [0.3, 0.4) is 0 Å². The van der Waals surface area contributed by atoms with E-state index in [1.54, 1.807) is 42.9 Å². The number of aromatic nitrogens is 2. The molecule has 0 bridgehead atoms. The zero-order valence-electron chi connectivity index (χ0n) is 18.2. The molecule has 176 valence electrons. The number of carbonyl (C=O) groups is 1. The number of hydrogen-bond donors (Lipinski definition) is 0. The number of anilines is 2. The van der Waals surface area contributed by atoms with Gasteiger partial charge < -0.3 is 9.64 Å². The van der Waals surface area contributed by atoms with Crippen LogP contribution in [0.15, 0.2) is 61.1 Å². The number of rotatable bonds is 5. The summed E-state index contributed by atoms with van der Waals surface area (Å²) in [6, 6.07) is 9.31. The second-order valence-corrected chi connectivity index (χ2v) is 8.70. The van der Waals surface area contributed by atoms with E-state index in [0.717, 1.165) is 38.1 Å². The highest BCUT2D eigenvalue weighted by Crippen LogP contribution is 2.38. The molecule has 7 nitrogen and oxygen atoms in total. The van der Waals surface area contributed by atoms with Crippen molar-refractivity contribution in [3.63, 3.8) is 0 Å². The molecule has 1 amide bonds. The maximum absolute atomic E-state index is 14.1. The van der Waals surface area contributed by atoms with Gasteiger partial charge >= 0.3 is 6.09 Å². The molecule has 0 N–H and O–H groups in total. The molecule has 0 aliphatic carbocycles. The van der Waals surface area contributed by atoms with Gasteiger partial charge in [0.2, 0.25) is 0 Å². The van der Waals surface area contributed by atoms with Crippen LogP contribution < -0.4 is 9.80 Å². The molecule has 10 heteroatoms. The Bertz CT molecular complexity index is 1140. The average molecular weight is 486 g/mol. The highest BCUT2D eigenvalue weighted by Gasteiger charge is 2.44. The predicted octanol–water partition coefficient (Wildman–Crippen LogP) is 4.30. The number of amides is 1. The van der Waals surface area contributed by atoms with Crippen molar-refractivity contribution in [1.82, 2.24) is 14.9 Å². The summed E-state index contributed by atoms with van der Waals surface area (Å²) in [4.78, 5) is 27.2. The van der Waals surface area contributed by atoms with Gasteiger partial charge in [0, 0.05) is 61.9 Å². The largest absolute Gasteiger partial charge is 0.442 e. The minimum atomic E-state index is -0.707. The van der Waals surface area contributed by atoms with E-state index in [-0.39, 0.29) is 0 Å². The Morgan fingerprint density at radius 1 is 1.00 bits per heavy atom. The van der Waals surface area contributed by atoms with Crippen molar-refractivity contribution in [3.8, 4) is 0 Å². The number of hydrogen-bond acceptors (Lipinski definition) is 6. The first-order chi connectivity index (χ1) is 16.5. The molecule has 2 aliphatic heterocycles. The summed E-state index contributed by atoms with van der Waals surface area (Å²) in [5.41, 5.74) is 0.875. The van der Waals surface area contributed by atoms with E-state index in [1.807, 2.05) is 0 Å². The first-order valence-corrected chi connectivity index (χ1v) is 11.3. The summed E-state index contributed by atoms with van der Waals surface area (Å²) >= 11 is 6.01. The molecule has 34 heavy (non-hydrogen) atoms. The summed E-state index contributed by atoms with van der Waals surface area (Å²) in [5.74, 6) is -0.597. The SMILES string of the molecule is O=C1O[C@@H](CN2CCN(c3cnccn3)CC2)[C@H](c2cc(F)cc(F)c2)N1c1ccc(Cl)cc1. The maximum atomic E-state index is 14.1. The van der Waals surface area contributed by atoms with Crippen molar-refractivity contribution < 1.29 is 18.3 Å². The van der Waals surface area contributed by atoms with Crippen LogP contribution in [0, 0.1) is 11.6 Å². The molecular formula is C24H22ClF2N5O2. The maximum Gasteiger partial charge on any atom is 0.415 e. The fourth-order valence-electron chi connectivity index (χ4n) is 4.51. The summed E-state index contributed by atoms with van der Waals surface area (Å²) in [7, 11) is 0. The Morgan fingerprint density at radius 2 is 1.71 bits per heavy atom. The van der Waals surface area contributed by atoms with E-state index in [9.17, 15) is 13.6 Å². The van der Waals surface area contributed by atoms with E-state index < -0.39 is 29.9 Å². The monoisotopic (exact) mass is 485 g/mol. The Balaban J connectivity index is 1.38. The zero-order valence-corrected chi connectivity index (χ0v) is 18.9. The van der Waals surface area contributed by atoms with Crippen LogP contribution in [-0.4, -0.2) is 59.8 Å². The van der Waals surface area contributed by atoms with Crippen LogP contribution >= 0.6 is 11.6 Å². The number of halogens is 3. The fourth-order valence-corrected chi connectivity index (χ4v) is 4.64. The van der Waals surface area contributed by atoms with E-state index >= 15 is 0 Å². The van der Waals surface area contributed by atoms with Crippen molar-refractivity contribution in [2.75, 3.05) is 42.5 Å². The minimum Gasteiger partial charge on any atom is -0.442 e. The van der Waals surface area contributed by atoms with Gasteiger partial charge in [-0.3, -0.25) is 14.8 Å². The number of carbonyl (C=O) groups excluding carboxylic acids is 1. The molecule has 2 aliphatic rings. The minimum absolute atomic E-state index is 0.335. The standard InChI is InChI=1S/C24H22ClF2N5O2/c25-17-1-3-20(4-2-17)32-23(16-11-18(26)13-19(27)12-16)21(34-24(32)33)15-30-7-9-31(10-8-30)22-14-28-5-6-29-22/h1-6,11-14,21,23H,7-10,15H2/t21-,23-/m0/s1. The van der Waals surface area contributed by atoms with Gasteiger partial charge in [-0.2, -0.15) is 0 Å². The normalized spacial score (nSPS) is 21.1.